The van der Waals surface area contributed by atoms with Crippen molar-refractivity contribution in [3.8, 4) is 5.88 Å². The summed E-state index contributed by atoms with van der Waals surface area (Å²) in [6.07, 6.45) is 7.28. The Morgan fingerprint density at radius 1 is 1.29 bits per heavy atom. The van der Waals surface area contributed by atoms with Crippen LogP contribution in [0.25, 0.3) is 0 Å². The van der Waals surface area contributed by atoms with E-state index in [9.17, 15) is 4.79 Å². The molecule has 2 saturated heterocycles. The Balaban J connectivity index is 1.33. The molecule has 0 N–H and O–H groups in total. The maximum atomic E-state index is 12.4. The van der Waals surface area contributed by atoms with Crippen molar-refractivity contribution in [3.05, 3.63) is 48.6 Å². The van der Waals surface area contributed by atoms with Gasteiger partial charge in [-0.25, -0.2) is 4.98 Å². The highest BCUT2D eigenvalue weighted by Gasteiger charge is 2.44. The van der Waals surface area contributed by atoms with Gasteiger partial charge in [0.2, 0.25) is 5.88 Å². The second-order valence-electron chi connectivity index (χ2n) is 6.41. The highest BCUT2D eigenvalue weighted by Crippen LogP contribution is 2.37. The van der Waals surface area contributed by atoms with E-state index in [0.717, 1.165) is 19.3 Å². The molecule has 1 atom stereocenters. The number of pyridine rings is 1. The van der Waals surface area contributed by atoms with E-state index in [1.807, 2.05) is 23.1 Å². The summed E-state index contributed by atoms with van der Waals surface area (Å²) in [5.41, 5.74) is 0.432. The first-order chi connectivity index (χ1) is 11.7. The smallest absolute Gasteiger partial charge is 0.257 e. The monoisotopic (exact) mass is 328 g/mol. The van der Waals surface area contributed by atoms with Crippen molar-refractivity contribution in [2.45, 2.75) is 31.0 Å². The molecule has 4 rings (SSSR count). The van der Waals surface area contributed by atoms with E-state index in [1.54, 1.807) is 12.3 Å². The number of carbonyl (C=O) groups excluding carboxylic acids is 1. The van der Waals surface area contributed by atoms with Gasteiger partial charge in [0.25, 0.3) is 5.91 Å². The first-order valence-corrected chi connectivity index (χ1v) is 8.27. The molecule has 24 heavy (non-hydrogen) atoms. The molecule has 0 aromatic carbocycles. The molecular formula is C18H20N2O4. The molecule has 0 aliphatic carbocycles. The topological polar surface area (TPSA) is 64.8 Å². The number of rotatable bonds is 3. The van der Waals surface area contributed by atoms with Gasteiger partial charge in [-0.2, -0.15) is 0 Å². The molecule has 6 nitrogen and oxygen atoms in total. The fourth-order valence-corrected chi connectivity index (χ4v) is 3.50. The molecule has 2 fully saturated rings. The SMILES string of the molecule is O=C(c1ccoc1)N1CCC2(CC1)C[C@@H](Oc1ccccn1)CO2. The fourth-order valence-electron chi connectivity index (χ4n) is 3.50. The van der Waals surface area contributed by atoms with Crippen molar-refractivity contribution in [2.75, 3.05) is 19.7 Å². The molecular weight excluding hydrogens is 308 g/mol. The third-order valence-corrected chi connectivity index (χ3v) is 4.83. The van der Waals surface area contributed by atoms with Crippen LogP contribution < -0.4 is 4.74 Å². The van der Waals surface area contributed by atoms with Crippen molar-refractivity contribution in [1.82, 2.24) is 9.88 Å². The zero-order chi connectivity index (χ0) is 16.4. The Hall–Kier alpha value is -2.34. The summed E-state index contributed by atoms with van der Waals surface area (Å²) < 4.78 is 17.0. The fraction of sp³-hybridized carbons (Fsp3) is 0.444. The second kappa shape index (κ2) is 6.28. The van der Waals surface area contributed by atoms with Crippen molar-refractivity contribution < 1.29 is 18.7 Å². The van der Waals surface area contributed by atoms with Crippen LogP contribution in [0.2, 0.25) is 0 Å². The Kier molecular flexibility index (Phi) is 3.98. The lowest BCUT2D eigenvalue weighted by Gasteiger charge is -2.38. The minimum atomic E-state index is -0.174. The zero-order valence-corrected chi connectivity index (χ0v) is 13.4. The molecule has 0 bridgehead atoms. The van der Waals surface area contributed by atoms with Crippen molar-refractivity contribution in [1.29, 1.82) is 0 Å². The molecule has 2 aliphatic rings. The van der Waals surface area contributed by atoms with Gasteiger partial charge in [0.1, 0.15) is 12.4 Å². The summed E-state index contributed by atoms with van der Waals surface area (Å²) >= 11 is 0. The van der Waals surface area contributed by atoms with Crippen LogP contribution in [0.15, 0.2) is 47.4 Å². The predicted molar refractivity (Wildman–Crippen MR) is 85.8 cm³/mol. The molecule has 1 amide bonds. The number of furan rings is 1. The molecule has 4 heterocycles. The normalized spacial score (nSPS) is 22.7. The number of amides is 1. The van der Waals surface area contributed by atoms with Crippen LogP contribution in [0.4, 0.5) is 0 Å². The van der Waals surface area contributed by atoms with Gasteiger partial charge in [-0.3, -0.25) is 4.79 Å². The Morgan fingerprint density at radius 2 is 2.17 bits per heavy atom. The molecule has 2 aromatic heterocycles. The van der Waals surface area contributed by atoms with Gasteiger partial charge < -0.3 is 18.8 Å². The molecule has 0 saturated carbocycles. The van der Waals surface area contributed by atoms with Crippen LogP contribution in [0.5, 0.6) is 5.88 Å². The Bertz CT molecular complexity index is 678. The highest BCUT2D eigenvalue weighted by atomic mass is 16.6. The van der Waals surface area contributed by atoms with Gasteiger partial charge in [0.05, 0.1) is 24.0 Å². The largest absolute Gasteiger partial charge is 0.472 e. The summed E-state index contributed by atoms with van der Waals surface area (Å²) in [6.45, 7) is 1.97. The van der Waals surface area contributed by atoms with Gasteiger partial charge in [-0.15, -0.1) is 0 Å². The van der Waals surface area contributed by atoms with Crippen molar-refractivity contribution in [2.24, 2.45) is 0 Å². The van der Waals surface area contributed by atoms with Crippen LogP contribution in [-0.4, -0.2) is 47.2 Å². The van der Waals surface area contributed by atoms with E-state index in [1.165, 1.54) is 12.5 Å². The number of aromatic nitrogens is 1. The van der Waals surface area contributed by atoms with Gasteiger partial charge in [-0.05, 0) is 25.0 Å². The third-order valence-electron chi connectivity index (χ3n) is 4.83. The van der Waals surface area contributed by atoms with E-state index in [2.05, 4.69) is 4.98 Å². The van der Waals surface area contributed by atoms with Gasteiger partial charge in [-0.1, -0.05) is 6.07 Å². The van der Waals surface area contributed by atoms with E-state index >= 15 is 0 Å². The minimum absolute atomic E-state index is 0.0241. The first kappa shape index (κ1) is 15.2. The number of piperidine rings is 1. The van der Waals surface area contributed by atoms with Crippen molar-refractivity contribution in [3.63, 3.8) is 0 Å². The van der Waals surface area contributed by atoms with Crippen LogP contribution in [0, 0.1) is 0 Å². The number of carbonyl (C=O) groups is 1. The van der Waals surface area contributed by atoms with Crippen molar-refractivity contribution >= 4 is 5.91 Å². The molecule has 6 heteroatoms. The lowest BCUT2D eigenvalue weighted by molar-refractivity contribution is -0.0396. The summed E-state index contributed by atoms with van der Waals surface area (Å²) in [5.74, 6) is 0.661. The van der Waals surface area contributed by atoms with E-state index in [-0.39, 0.29) is 17.6 Å². The molecule has 0 radical (unpaired) electrons. The lowest BCUT2D eigenvalue weighted by Crippen LogP contribution is -2.46. The molecule has 1 spiro atoms. The van der Waals surface area contributed by atoms with Crippen LogP contribution in [-0.2, 0) is 4.74 Å². The number of hydrogen-bond donors (Lipinski definition) is 0. The Morgan fingerprint density at radius 3 is 2.88 bits per heavy atom. The highest BCUT2D eigenvalue weighted by molar-refractivity contribution is 5.93. The van der Waals surface area contributed by atoms with Gasteiger partial charge in [0, 0.05) is 31.8 Å². The van der Waals surface area contributed by atoms with Gasteiger partial charge >= 0.3 is 0 Å². The minimum Gasteiger partial charge on any atom is -0.472 e. The molecule has 0 unspecified atom stereocenters. The standard InChI is InChI=1S/C18H20N2O4/c21-17(14-4-10-22-12-14)20-8-5-18(6-9-20)11-15(13-23-18)24-16-3-1-2-7-19-16/h1-4,7,10,12,15H,5-6,8-9,11,13H2/t15-/m1/s1. The van der Waals surface area contributed by atoms with E-state index < -0.39 is 0 Å². The summed E-state index contributed by atoms with van der Waals surface area (Å²) in [4.78, 5) is 18.4. The summed E-state index contributed by atoms with van der Waals surface area (Å²) in [7, 11) is 0. The number of hydrogen-bond acceptors (Lipinski definition) is 5. The summed E-state index contributed by atoms with van der Waals surface area (Å²) in [6, 6.07) is 7.34. The quantitative estimate of drug-likeness (QED) is 0.866. The first-order valence-electron chi connectivity index (χ1n) is 8.27. The average molecular weight is 328 g/mol. The third kappa shape index (κ3) is 3.01. The molecule has 126 valence electrons. The summed E-state index contributed by atoms with van der Waals surface area (Å²) in [5, 5.41) is 0. The van der Waals surface area contributed by atoms with Crippen LogP contribution in [0.3, 0.4) is 0 Å². The average Bonchev–Trinajstić information content (AvgIpc) is 3.27. The van der Waals surface area contributed by atoms with Crippen LogP contribution >= 0.6 is 0 Å². The zero-order valence-electron chi connectivity index (χ0n) is 13.4. The Labute approximate surface area is 140 Å². The number of likely N-dealkylation sites (tertiary alicyclic amines) is 1. The van der Waals surface area contributed by atoms with Gasteiger partial charge in [0.15, 0.2) is 0 Å². The van der Waals surface area contributed by atoms with E-state index in [0.29, 0.717) is 31.1 Å². The second-order valence-corrected chi connectivity index (χ2v) is 6.41. The molecule has 2 aromatic rings. The van der Waals surface area contributed by atoms with E-state index in [4.69, 9.17) is 13.9 Å². The number of ether oxygens (including phenoxy) is 2. The van der Waals surface area contributed by atoms with Crippen LogP contribution in [0.1, 0.15) is 29.6 Å². The molecule has 2 aliphatic heterocycles. The maximum absolute atomic E-state index is 12.4. The lowest BCUT2D eigenvalue weighted by atomic mass is 9.88. The predicted octanol–water partition coefficient (Wildman–Crippen LogP) is 2.52. The number of nitrogens with zero attached hydrogens (tertiary/aromatic N) is 2. The maximum Gasteiger partial charge on any atom is 0.257 e.